The molecule has 0 bridgehead atoms. The standard InChI is InChI=1S/C22H23N/c1-17-8-6-12-19(14-17)22(2)20-15-23(16-21(20)22)13-7-11-18-9-4-3-5-10-18/h3-6,8-10,12,14,20-21H,13,15-16H2,1-2H3. The summed E-state index contributed by atoms with van der Waals surface area (Å²) in [7, 11) is 0. The van der Waals surface area contributed by atoms with Crippen molar-refractivity contribution < 1.29 is 0 Å². The van der Waals surface area contributed by atoms with Gasteiger partial charge in [0.2, 0.25) is 0 Å². The van der Waals surface area contributed by atoms with Gasteiger partial charge in [-0.05, 0) is 36.5 Å². The Bertz CT molecular complexity index is 753. The van der Waals surface area contributed by atoms with Crippen molar-refractivity contribution in [2.75, 3.05) is 19.6 Å². The van der Waals surface area contributed by atoms with E-state index in [2.05, 4.69) is 67.0 Å². The van der Waals surface area contributed by atoms with Gasteiger partial charge in [0.05, 0.1) is 6.54 Å². The fraction of sp³-hybridized carbons (Fsp3) is 0.364. The van der Waals surface area contributed by atoms with Crippen LogP contribution in [0.4, 0.5) is 0 Å². The Morgan fingerprint density at radius 1 is 1.04 bits per heavy atom. The number of aryl methyl sites for hydroxylation is 1. The topological polar surface area (TPSA) is 3.24 Å². The molecule has 2 aromatic rings. The molecule has 1 heterocycles. The van der Waals surface area contributed by atoms with Gasteiger partial charge in [-0.15, -0.1) is 0 Å². The zero-order valence-electron chi connectivity index (χ0n) is 13.9. The maximum atomic E-state index is 3.34. The normalized spacial score (nSPS) is 28.8. The number of fused-ring (bicyclic) bond motifs is 1. The Kier molecular flexibility index (Phi) is 3.51. The Morgan fingerprint density at radius 2 is 1.78 bits per heavy atom. The Hall–Kier alpha value is -2.04. The van der Waals surface area contributed by atoms with Gasteiger partial charge in [0.15, 0.2) is 0 Å². The van der Waals surface area contributed by atoms with Gasteiger partial charge in [0, 0.05) is 24.1 Å². The van der Waals surface area contributed by atoms with Crippen LogP contribution in [-0.4, -0.2) is 24.5 Å². The van der Waals surface area contributed by atoms with E-state index in [4.69, 9.17) is 0 Å². The lowest BCUT2D eigenvalue weighted by atomic mass is 9.91. The van der Waals surface area contributed by atoms with Crippen molar-refractivity contribution in [2.45, 2.75) is 19.3 Å². The van der Waals surface area contributed by atoms with E-state index in [9.17, 15) is 0 Å². The van der Waals surface area contributed by atoms with E-state index in [1.807, 2.05) is 18.2 Å². The second-order valence-electron chi connectivity index (χ2n) is 7.23. The average molecular weight is 301 g/mol. The first-order chi connectivity index (χ1) is 11.2. The number of piperidine rings is 1. The number of nitrogens with zero attached hydrogens (tertiary/aromatic N) is 1. The average Bonchev–Trinajstić information content (AvgIpc) is 2.93. The molecule has 116 valence electrons. The van der Waals surface area contributed by atoms with Crippen molar-refractivity contribution >= 4 is 0 Å². The van der Waals surface area contributed by atoms with E-state index >= 15 is 0 Å². The van der Waals surface area contributed by atoms with Crippen LogP contribution in [0.25, 0.3) is 0 Å². The van der Waals surface area contributed by atoms with Crippen molar-refractivity contribution in [3.05, 3.63) is 71.3 Å². The summed E-state index contributed by atoms with van der Waals surface area (Å²) in [5.41, 5.74) is 4.42. The number of hydrogen-bond donors (Lipinski definition) is 0. The van der Waals surface area contributed by atoms with Gasteiger partial charge >= 0.3 is 0 Å². The van der Waals surface area contributed by atoms with E-state index in [-0.39, 0.29) is 0 Å². The number of rotatable bonds is 2. The minimum absolute atomic E-state index is 0.398. The number of likely N-dealkylation sites (tertiary alicyclic amines) is 1. The van der Waals surface area contributed by atoms with E-state index in [1.165, 1.54) is 24.2 Å². The molecule has 0 amide bonds. The van der Waals surface area contributed by atoms with Gasteiger partial charge in [-0.2, -0.15) is 0 Å². The molecule has 1 heteroatoms. The van der Waals surface area contributed by atoms with Crippen molar-refractivity contribution in [2.24, 2.45) is 11.8 Å². The Morgan fingerprint density at radius 3 is 2.48 bits per heavy atom. The molecule has 1 saturated heterocycles. The lowest BCUT2D eigenvalue weighted by Gasteiger charge is -2.23. The summed E-state index contributed by atoms with van der Waals surface area (Å²) >= 11 is 0. The first kappa shape index (κ1) is 14.5. The summed E-state index contributed by atoms with van der Waals surface area (Å²) in [6, 6.07) is 19.3. The van der Waals surface area contributed by atoms with Crippen LogP contribution in [0, 0.1) is 30.6 Å². The summed E-state index contributed by atoms with van der Waals surface area (Å²) in [5.74, 6) is 8.22. The fourth-order valence-corrected chi connectivity index (χ4v) is 4.27. The van der Waals surface area contributed by atoms with Crippen LogP contribution in [0.5, 0.6) is 0 Å². The molecule has 2 unspecified atom stereocenters. The monoisotopic (exact) mass is 301 g/mol. The zero-order chi connectivity index (χ0) is 15.9. The summed E-state index contributed by atoms with van der Waals surface area (Å²) in [6.07, 6.45) is 0. The molecule has 0 spiro atoms. The quantitative estimate of drug-likeness (QED) is 0.761. The minimum Gasteiger partial charge on any atom is -0.292 e. The van der Waals surface area contributed by atoms with Gasteiger partial charge in [0.1, 0.15) is 0 Å². The van der Waals surface area contributed by atoms with E-state index in [0.717, 1.165) is 23.9 Å². The molecule has 1 nitrogen and oxygen atoms in total. The fourth-order valence-electron chi connectivity index (χ4n) is 4.27. The van der Waals surface area contributed by atoms with Crippen molar-refractivity contribution in [1.29, 1.82) is 0 Å². The Labute approximate surface area is 139 Å². The summed E-state index contributed by atoms with van der Waals surface area (Å²) < 4.78 is 0. The molecule has 23 heavy (non-hydrogen) atoms. The third-order valence-electron chi connectivity index (χ3n) is 5.78. The molecular formula is C22H23N. The first-order valence-electron chi connectivity index (χ1n) is 8.51. The smallest absolute Gasteiger partial charge is 0.0605 e. The van der Waals surface area contributed by atoms with Gasteiger partial charge in [-0.25, -0.2) is 0 Å². The molecule has 0 N–H and O–H groups in total. The maximum absolute atomic E-state index is 3.34. The number of benzene rings is 2. The number of hydrogen-bond acceptors (Lipinski definition) is 1. The van der Waals surface area contributed by atoms with Crippen LogP contribution in [0.1, 0.15) is 23.6 Å². The van der Waals surface area contributed by atoms with E-state index in [0.29, 0.717) is 5.41 Å². The predicted molar refractivity (Wildman–Crippen MR) is 95.3 cm³/mol. The van der Waals surface area contributed by atoms with Gasteiger partial charge in [0.25, 0.3) is 0 Å². The van der Waals surface area contributed by atoms with E-state index in [1.54, 1.807) is 0 Å². The SMILES string of the molecule is Cc1cccc(C2(C)C3CN(CC#Cc4ccccc4)CC32)c1. The second-order valence-corrected chi connectivity index (χ2v) is 7.23. The van der Waals surface area contributed by atoms with Crippen LogP contribution in [-0.2, 0) is 5.41 Å². The maximum Gasteiger partial charge on any atom is 0.0605 e. The van der Waals surface area contributed by atoms with Crippen molar-refractivity contribution in [3.63, 3.8) is 0 Å². The molecular weight excluding hydrogens is 278 g/mol. The van der Waals surface area contributed by atoms with Crippen LogP contribution < -0.4 is 0 Å². The third kappa shape index (κ3) is 2.58. The summed E-state index contributed by atoms with van der Waals surface area (Å²) in [5, 5.41) is 0. The highest BCUT2D eigenvalue weighted by Crippen LogP contribution is 2.63. The van der Waals surface area contributed by atoms with Crippen LogP contribution in [0.2, 0.25) is 0 Å². The largest absolute Gasteiger partial charge is 0.292 e. The van der Waals surface area contributed by atoms with Gasteiger partial charge in [-0.1, -0.05) is 66.8 Å². The van der Waals surface area contributed by atoms with Crippen molar-refractivity contribution in [1.82, 2.24) is 4.90 Å². The molecule has 2 aromatic carbocycles. The third-order valence-corrected chi connectivity index (χ3v) is 5.78. The highest BCUT2D eigenvalue weighted by Gasteiger charge is 2.65. The van der Waals surface area contributed by atoms with Crippen molar-refractivity contribution in [3.8, 4) is 11.8 Å². The molecule has 1 aliphatic heterocycles. The lowest BCUT2D eigenvalue weighted by molar-refractivity contribution is 0.308. The van der Waals surface area contributed by atoms with Gasteiger partial charge < -0.3 is 0 Å². The molecule has 0 aromatic heterocycles. The summed E-state index contributed by atoms with van der Waals surface area (Å²) in [4.78, 5) is 2.52. The molecule has 0 radical (unpaired) electrons. The molecule has 4 rings (SSSR count). The zero-order valence-corrected chi connectivity index (χ0v) is 13.9. The highest BCUT2D eigenvalue weighted by atomic mass is 15.2. The van der Waals surface area contributed by atoms with Gasteiger partial charge in [-0.3, -0.25) is 4.90 Å². The second kappa shape index (κ2) is 5.55. The molecule has 1 saturated carbocycles. The summed E-state index contributed by atoms with van der Waals surface area (Å²) in [6.45, 7) is 7.92. The minimum atomic E-state index is 0.398. The van der Waals surface area contributed by atoms with E-state index < -0.39 is 0 Å². The molecule has 2 aliphatic rings. The lowest BCUT2D eigenvalue weighted by Crippen LogP contribution is -2.29. The molecule has 2 fully saturated rings. The highest BCUT2D eigenvalue weighted by molar-refractivity contribution is 5.40. The van der Waals surface area contributed by atoms with Crippen LogP contribution >= 0.6 is 0 Å². The molecule has 1 aliphatic carbocycles. The van der Waals surface area contributed by atoms with Crippen LogP contribution in [0.15, 0.2) is 54.6 Å². The Balaban J connectivity index is 1.38. The van der Waals surface area contributed by atoms with Crippen LogP contribution in [0.3, 0.4) is 0 Å². The first-order valence-corrected chi connectivity index (χ1v) is 8.51. The predicted octanol–water partition coefficient (Wildman–Crippen LogP) is 3.87. The molecule has 2 atom stereocenters.